The van der Waals surface area contributed by atoms with Crippen LogP contribution in [-0.2, 0) is 0 Å². The molecule has 0 saturated carbocycles. The summed E-state index contributed by atoms with van der Waals surface area (Å²) in [6.07, 6.45) is 5.38. The largest absolute Gasteiger partial charge is 0.389 e. The fourth-order valence-electron chi connectivity index (χ4n) is 1.38. The van der Waals surface area contributed by atoms with Gasteiger partial charge in [0.05, 0.1) is 11.8 Å². The molecule has 3 nitrogen and oxygen atoms in total. The van der Waals surface area contributed by atoms with Crippen molar-refractivity contribution in [1.82, 2.24) is 9.38 Å². The van der Waals surface area contributed by atoms with Crippen molar-refractivity contribution in [3.63, 3.8) is 0 Å². The van der Waals surface area contributed by atoms with Crippen LogP contribution in [0.15, 0.2) is 36.2 Å². The molecular formula is C12H14N2O. The van der Waals surface area contributed by atoms with Crippen molar-refractivity contribution in [2.45, 2.75) is 20.0 Å². The lowest BCUT2D eigenvalue weighted by Gasteiger charge is -2.01. The first kappa shape index (κ1) is 9.93. The van der Waals surface area contributed by atoms with Crippen LogP contribution >= 0.6 is 0 Å². The molecule has 0 aromatic carbocycles. The monoisotopic (exact) mass is 202 g/mol. The first-order valence-corrected chi connectivity index (χ1v) is 4.97. The van der Waals surface area contributed by atoms with Crippen LogP contribution in [0.3, 0.4) is 0 Å². The lowest BCUT2D eigenvalue weighted by atomic mass is 10.1. The van der Waals surface area contributed by atoms with Gasteiger partial charge in [0, 0.05) is 12.4 Å². The second kappa shape index (κ2) is 3.87. The molecule has 0 spiro atoms. The summed E-state index contributed by atoms with van der Waals surface area (Å²) in [5.41, 5.74) is 2.71. The highest BCUT2D eigenvalue weighted by Crippen LogP contribution is 2.10. The molecule has 0 amide bonds. The fourth-order valence-corrected chi connectivity index (χ4v) is 1.38. The van der Waals surface area contributed by atoms with Gasteiger partial charge >= 0.3 is 0 Å². The maximum Gasteiger partial charge on any atom is 0.137 e. The van der Waals surface area contributed by atoms with Gasteiger partial charge in [-0.05, 0) is 37.6 Å². The zero-order valence-electron chi connectivity index (χ0n) is 8.88. The Hall–Kier alpha value is -1.61. The predicted octanol–water partition coefficient (Wildman–Crippen LogP) is 2.12. The third-order valence-corrected chi connectivity index (χ3v) is 2.42. The number of aliphatic hydroxyl groups is 1. The van der Waals surface area contributed by atoms with Gasteiger partial charge in [-0.25, -0.2) is 4.98 Å². The van der Waals surface area contributed by atoms with E-state index < -0.39 is 6.10 Å². The summed E-state index contributed by atoms with van der Waals surface area (Å²) in [5, 5.41) is 9.35. The van der Waals surface area contributed by atoms with Crippen molar-refractivity contribution in [3.8, 4) is 0 Å². The zero-order chi connectivity index (χ0) is 10.8. The summed E-state index contributed by atoms with van der Waals surface area (Å²) in [6, 6.07) is 5.87. The van der Waals surface area contributed by atoms with Crippen LogP contribution in [-0.4, -0.2) is 20.6 Å². The maximum absolute atomic E-state index is 9.35. The molecule has 3 heteroatoms. The van der Waals surface area contributed by atoms with E-state index in [-0.39, 0.29) is 0 Å². The molecule has 2 rings (SSSR count). The molecule has 1 N–H and O–H groups in total. The van der Waals surface area contributed by atoms with Crippen LogP contribution in [0.2, 0.25) is 0 Å². The summed E-state index contributed by atoms with van der Waals surface area (Å²) in [5.74, 6) is 0. The molecule has 0 aliphatic carbocycles. The molecule has 0 saturated heterocycles. The van der Waals surface area contributed by atoms with Gasteiger partial charge in [-0.2, -0.15) is 0 Å². The summed E-state index contributed by atoms with van der Waals surface area (Å²) in [7, 11) is 0. The van der Waals surface area contributed by atoms with Crippen LogP contribution in [0.25, 0.3) is 11.7 Å². The Kier molecular flexibility index (Phi) is 2.56. The van der Waals surface area contributed by atoms with E-state index in [2.05, 4.69) is 4.98 Å². The fraction of sp³-hybridized carbons (Fsp3) is 0.250. The summed E-state index contributed by atoms with van der Waals surface area (Å²) >= 11 is 0. The molecule has 2 heterocycles. The van der Waals surface area contributed by atoms with Gasteiger partial charge in [0.25, 0.3) is 0 Å². The van der Waals surface area contributed by atoms with Crippen molar-refractivity contribution in [3.05, 3.63) is 41.9 Å². The molecule has 0 radical (unpaired) electrons. The standard InChI is InChI=1S/C12H14N2O/c1-9(10(2)15)7-11-8-14-6-4-3-5-12(14)13-11/h3-8,10,15H,1-2H3/b9-7+. The molecule has 0 aliphatic rings. The molecule has 2 aromatic heterocycles. The zero-order valence-corrected chi connectivity index (χ0v) is 8.88. The lowest BCUT2D eigenvalue weighted by molar-refractivity contribution is 0.232. The number of aliphatic hydroxyl groups excluding tert-OH is 1. The Balaban J connectivity index is 2.41. The Morgan fingerprint density at radius 3 is 3.00 bits per heavy atom. The first-order chi connectivity index (χ1) is 7.16. The van der Waals surface area contributed by atoms with Gasteiger partial charge < -0.3 is 9.51 Å². The number of aromatic nitrogens is 2. The molecule has 1 unspecified atom stereocenters. The number of rotatable bonds is 2. The molecule has 1 atom stereocenters. The number of hydrogen-bond donors (Lipinski definition) is 1. The van der Waals surface area contributed by atoms with Gasteiger partial charge in [0.15, 0.2) is 0 Å². The highest BCUT2D eigenvalue weighted by Gasteiger charge is 2.01. The Labute approximate surface area is 88.7 Å². The summed E-state index contributed by atoms with van der Waals surface area (Å²) in [6.45, 7) is 3.65. The lowest BCUT2D eigenvalue weighted by Crippen LogP contribution is -2.00. The Morgan fingerprint density at radius 1 is 1.53 bits per heavy atom. The number of imidazole rings is 1. The highest BCUT2D eigenvalue weighted by molar-refractivity contribution is 5.53. The van der Waals surface area contributed by atoms with E-state index in [1.807, 2.05) is 48.0 Å². The van der Waals surface area contributed by atoms with Crippen molar-refractivity contribution in [2.24, 2.45) is 0 Å². The minimum absolute atomic E-state index is 0.421. The second-order valence-electron chi connectivity index (χ2n) is 3.70. The quantitative estimate of drug-likeness (QED) is 0.810. The summed E-state index contributed by atoms with van der Waals surface area (Å²) < 4.78 is 1.96. The van der Waals surface area contributed by atoms with Gasteiger partial charge in [-0.3, -0.25) is 0 Å². The molecule has 78 valence electrons. The third kappa shape index (κ3) is 2.07. The van der Waals surface area contributed by atoms with E-state index >= 15 is 0 Å². The Morgan fingerprint density at radius 2 is 2.33 bits per heavy atom. The van der Waals surface area contributed by atoms with E-state index in [1.54, 1.807) is 6.92 Å². The molecular weight excluding hydrogens is 188 g/mol. The number of pyridine rings is 1. The van der Waals surface area contributed by atoms with Crippen molar-refractivity contribution >= 4 is 11.7 Å². The van der Waals surface area contributed by atoms with Crippen LogP contribution in [0.1, 0.15) is 19.5 Å². The molecule has 0 fully saturated rings. The van der Waals surface area contributed by atoms with E-state index in [0.29, 0.717) is 0 Å². The number of hydrogen-bond acceptors (Lipinski definition) is 2. The van der Waals surface area contributed by atoms with E-state index in [9.17, 15) is 5.11 Å². The maximum atomic E-state index is 9.35. The average molecular weight is 202 g/mol. The van der Waals surface area contributed by atoms with Gasteiger partial charge in [-0.15, -0.1) is 0 Å². The third-order valence-electron chi connectivity index (χ3n) is 2.42. The van der Waals surface area contributed by atoms with Crippen molar-refractivity contribution < 1.29 is 5.11 Å². The average Bonchev–Trinajstić information content (AvgIpc) is 2.59. The number of fused-ring (bicyclic) bond motifs is 1. The summed E-state index contributed by atoms with van der Waals surface area (Å²) in [4.78, 5) is 4.41. The van der Waals surface area contributed by atoms with E-state index in [1.165, 1.54) is 0 Å². The topological polar surface area (TPSA) is 37.5 Å². The van der Waals surface area contributed by atoms with Crippen LogP contribution in [0.4, 0.5) is 0 Å². The van der Waals surface area contributed by atoms with Gasteiger partial charge in [0.1, 0.15) is 5.65 Å². The predicted molar refractivity (Wildman–Crippen MR) is 60.5 cm³/mol. The second-order valence-corrected chi connectivity index (χ2v) is 3.70. The van der Waals surface area contributed by atoms with Gasteiger partial charge in [0.2, 0.25) is 0 Å². The minimum Gasteiger partial charge on any atom is -0.389 e. The van der Waals surface area contributed by atoms with Crippen LogP contribution in [0.5, 0.6) is 0 Å². The SMILES string of the molecule is C/C(=C\c1cn2ccccc2n1)C(C)O. The normalized spacial score (nSPS) is 14.5. The smallest absolute Gasteiger partial charge is 0.137 e. The molecule has 0 bridgehead atoms. The molecule has 15 heavy (non-hydrogen) atoms. The van der Waals surface area contributed by atoms with E-state index in [0.717, 1.165) is 16.9 Å². The molecule has 2 aromatic rings. The van der Waals surface area contributed by atoms with E-state index in [4.69, 9.17) is 0 Å². The highest BCUT2D eigenvalue weighted by atomic mass is 16.3. The van der Waals surface area contributed by atoms with Gasteiger partial charge in [-0.1, -0.05) is 6.07 Å². The molecule has 0 aliphatic heterocycles. The minimum atomic E-state index is -0.421. The van der Waals surface area contributed by atoms with Crippen LogP contribution < -0.4 is 0 Å². The van der Waals surface area contributed by atoms with Crippen molar-refractivity contribution in [1.29, 1.82) is 0 Å². The van der Waals surface area contributed by atoms with Crippen molar-refractivity contribution in [2.75, 3.05) is 0 Å². The first-order valence-electron chi connectivity index (χ1n) is 4.97. The number of nitrogens with zero attached hydrogens (tertiary/aromatic N) is 2. The van der Waals surface area contributed by atoms with Crippen LogP contribution in [0, 0.1) is 0 Å². The Bertz CT molecular complexity index is 464.